The Hall–Kier alpha value is -1.16. The molecular formula is C15H20O4. The molecule has 1 aliphatic heterocycles. The highest BCUT2D eigenvalue weighted by Gasteiger charge is 2.68. The van der Waals surface area contributed by atoms with Crippen LogP contribution in [0.3, 0.4) is 0 Å². The quantitative estimate of drug-likeness (QED) is 0.675. The monoisotopic (exact) mass is 264 g/mol. The van der Waals surface area contributed by atoms with Crippen molar-refractivity contribution in [3.8, 4) is 0 Å². The Balaban J connectivity index is 2.23. The van der Waals surface area contributed by atoms with E-state index < -0.39 is 17.0 Å². The first-order chi connectivity index (χ1) is 8.73. The Labute approximate surface area is 112 Å². The van der Waals surface area contributed by atoms with E-state index in [0.717, 1.165) is 12.8 Å². The fourth-order valence-corrected chi connectivity index (χ4v) is 4.64. The van der Waals surface area contributed by atoms with Gasteiger partial charge in [-0.3, -0.25) is 4.79 Å². The van der Waals surface area contributed by atoms with Gasteiger partial charge in [-0.1, -0.05) is 27.2 Å². The molecule has 1 heterocycles. The smallest absolute Gasteiger partial charge is 0.343 e. The Morgan fingerprint density at radius 1 is 1.26 bits per heavy atom. The van der Waals surface area contributed by atoms with Crippen LogP contribution in [0.15, 0.2) is 11.6 Å². The van der Waals surface area contributed by atoms with Crippen molar-refractivity contribution in [3.05, 3.63) is 11.6 Å². The van der Waals surface area contributed by atoms with Gasteiger partial charge in [0.05, 0.1) is 0 Å². The average molecular weight is 264 g/mol. The number of ether oxygens (including phenoxy) is 1. The van der Waals surface area contributed by atoms with Crippen LogP contribution in [0.2, 0.25) is 0 Å². The van der Waals surface area contributed by atoms with Crippen LogP contribution in [0.5, 0.6) is 0 Å². The maximum absolute atomic E-state index is 12.5. The van der Waals surface area contributed by atoms with Crippen LogP contribution in [0.4, 0.5) is 0 Å². The van der Waals surface area contributed by atoms with Gasteiger partial charge in [0.15, 0.2) is 11.4 Å². The lowest BCUT2D eigenvalue weighted by Gasteiger charge is -2.56. The van der Waals surface area contributed by atoms with E-state index in [-0.39, 0.29) is 23.7 Å². The van der Waals surface area contributed by atoms with Crippen molar-refractivity contribution in [2.45, 2.75) is 45.6 Å². The standard InChI is InChI=1S/C15H20O4/c1-13(2)5-4-6-14(3)11(13)10(16)7-9-8-19-12(17)15(9,14)18/h7,11,18H,4-6,8H2,1-3H3. The molecule has 0 bridgehead atoms. The number of cyclic esters (lactones) is 1. The SMILES string of the molecule is CC1(C)CCCC2(C)C1C(=O)C=C1COC(=O)C12O. The lowest BCUT2D eigenvalue weighted by atomic mass is 9.47. The van der Waals surface area contributed by atoms with Gasteiger partial charge in [0.1, 0.15) is 6.61 Å². The number of aliphatic hydroxyl groups is 1. The van der Waals surface area contributed by atoms with Gasteiger partial charge in [-0.05, 0) is 24.3 Å². The second-order valence-corrected chi connectivity index (χ2v) is 7.05. The molecule has 19 heavy (non-hydrogen) atoms. The van der Waals surface area contributed by atoms with Gasteiger partial charge < -0.3 is 9.84 Å². The van der Waals surface area contributed by atoms with Gasteiger partial charge in [0, 0.05) is 16.9 Å². The molecule has 3 atom stereocenters. The van der Waals surface area contributed by atoms with Gasteiger partial charge in [-0.2, -0.15) is 0 Å². The molecule has 0 aromatic carbocycles. The first-order valence-corrected chi connectivity index (χ1v) is 6.88. The van der Waals surface area contributed by atoms with Crippen molar-refractivity contribution in [2.75, 3.05) is 6.61 Å². The summed E-state index contributed by atoms with van der Waals surface area (Å²) in [6, 6.07) is 0. The molecule has 0 amide bonds. The number of carbonyl (C=O) groups is 2. The van der Waals surface area contributed by atoms with Gasteiger partial charge in [-0.25, -0.2) is 4.79 Å². The Morgan fingerprint density at radius 3 is 2.63 bits per heavy atom. The van der Waals surface area contributed by atoms with Crippen LogP contribution in [0.1, 0.15) is 40.0 Å². The largest absolute Gasteiger partial charge is 0.459 e. The summed E-state index contributed by atoms with van der Waals surface area (Å²) in [4.78, 5) is 24.6. The summed E-state index contributed by atoms with van der Waals surface area (Å²) < 4.78 is 5.02. The summed E-state index contributed by atoms with van der Waals surface area (Å²) >= 11 is 0. The molecule has 1 saturated heterocycles. The molecule has 1 N–H and O–H groups in total. The third-order valence-corrected chi connectivity index (χ3v) is 5.48. The molecule has 2 fully saturated rings. The van der Waals surface area contributed by atoms with E-state index in [9.17, 15) is 14.7 Å². The number of rotatable bonds is 0. The third-order valence-electron chi connectivity index (χ3n) is 5.48. The first-order valence-electron chi connectivity index (χ1n) is 6.88. The van der Waals surface area contributed by atoms with E-state index in [1.807, 2.05) is 6.92 Å². The Morgan fingerprint density at radius 2 is 1.95 bits per heavy atom. The molecule has 3 aliphatic rings. The molecule has 0 aromatic heterocycles. The van der Waals surface area contributed by atoms with Crippen LogP contribution in [0, 0.1) is 16.7 Å². The number of carbonyl (C=O) groups excluding carboxylic acids is 2. The van der Waals surface area contributed by atoms with Crippen molar-refractivity contribution in [1.29, 1.82) is 0 Å². The first kappa shape index (κ1) is 12.9. The number of hydrogen-bond acceptors (Lipinski definition) is 4. The highest BCUT2D eigenvalue weighted by atomic mass is 16.6. The van der Waals surface area contributed by atoms with Crippen molar-refractivity contribution < 1.29 is 19.4 Å². The fourth-order valence-electron chi connectivity index (χ4n) is 4.64. The zero-order valence-electron chi connectivity index (χ0n) is 11.7. The number of hydrogen-bond donors (Lipinski definition) is 1. The van der Waals surface area contributed by atoms with E-state index in [2.05, 4.69) is 13.8 Å². The fraction of sp³-hybridized carbons (Fsp3) is 0.733. The maximum atomic E-state index is 12.5. The second-order valence-electron chi connectivity index (χ2n) is 7.05. The molecule has 3 unspecified atom stereocenters. The van der Waals surface area contributed by atoms with Crippen LogP contribution in [-0.4, -0.2) is 29.1 Å². The minimum Gasteiger partial charge on any atom is -0.459 e. The van der Waals surface area contributed by atoms with Crippen LogP contribution >= 0.6 is 0 Å². The van der Waals surface area contributed by atoms with E-state index in [1.54, 1.807) is 0 Å². The van der Waals surface area contributed by atoms with E-state index in [0.29, 0.717) is 12.0 Å². The summed E-state index contributed by atoms with van der Waals surface area (Å²) in [6.45, 7) is 6.02. The third kappa shape index (κ3) is 1.33. The maximum Gasteiger partial charge on any atom is 0.343 e. The van der Waals surface area contributed by atoms with E-state index in [1.165, 1.54) is 6.08 Å². The van der Waals surface area contributed by atoms with Gasteiger partial charge in [0.25, 0.3) is 0 Å². The molecule has 4 nitrogen and oxygen atoms in total. The predicted molar refractivity (Wildman–Crippen MR) is 68.2 cm³/mol. The summed E-state index contributed by atoms with van der Waals surface area (Å²) in [7, 11) is 0. The Kier molecular flexibility index (Phi) is 2.35. The topological polar surface area (TPSA) is 63.6 Å². The average Bonchev–Trinajstić information content (AvgIpc) is 2.57. The molecule has 0 spiro atoms. The lowest BCUT2D eigenvalue weighted by Crippen LogP contribution is -2.63. The molecular weight excluding hydrogens is 244 g/mol. The highest BCUT2D eigenvalue weighted by Crippen LogP contribution is 2.61. The number of fused-ring (bicyclic) bond motifs is 3. The van der Waals surface area contributed by atoms with Crippen molar-refractivity contribution in [1.82, 2.24) is 0 Å². The number of ketones is 1. The van der Waals surface area contributed by atoms with Crippen LogP contribution in [-0.2, 0) is 14.3 Å². The molecule has 1 saturated carbocycles. The second kappa shape index (κ2) is 3.48. The lowest BCUT2D eigenvalue weighted by molar-refractivity contribution is -0.180. The normalized spacial score (nSPS) is 44.2. The summed E-state index contributed by atoms with van der Waals surface area (Å²) in [5.74, 6) is -0.880. The molecule has 4 heteroatoms. The highest BCUT2D eigenvalue weighted by molar-refractivity contribution is 6.01. The van der Waals surface area contributed by atoms with Crippen LogP contribution in [0.25, 0.3) is 0 Å². The van der Waals surface area contributed by atoms with Gasteiger partial charge >= 0.3 is 5.97 Å². The molecule has 2 aliphatic carbocycles. The summed E-state index contributed by atoms with van der Waals surface area (Å²) in [6.07, 6.45) is 3.98. The van der Waals surface area contributed by atoms with E-state index in [4.69, 9.17) is 4.74 Å². The zero-order valence-corrected chi connectivity index (χ0v) is 11.7. The minimum absolute atomic E-state index is 0.0326. The summed E-state index contributed by atoms with van der Waals surface area (Å²) in [5.41, 5.74) is -2.11. The Bertz CT molecular complexity index is 504. The van der Waals surface area contributed by atoms with Crippen molar-refractivity contribution in [2.24, 2.45) is 16.7 Å². The van der Waals surface area contributed by atoms with Crippen molar-refractivity contribution in [3.63, 3.8) is 0 Å². The van der Waals surface area contributed by atoms with E-state index >= 15 is 0 Å². The zero-order chi connectivity index (χ0) is 14.1. The molecule has 0 radical (unpaired) electrons. The number of esters is 1. The molecule has 3 rings (SSSR count). The molecule has 104 valence electrons. The van der Waals surface area contributed by atoms with Crippen LogP contribution < -0.4 is 0 Å². The van der Waals surface area contributed by atoms with Crippen molar-refractivity contribution >= 4 is 11.8 Å². The number of allylic oxidation sites excluding steroid dienone is 1. The minimum atomic E-state index is -1.61. The summed E-state index contributed by atoms with van der Waals surface area (Å²) in [5, 5.41) is 11.0. The van der Waals surface area contributed by atoms with Gasteiger partial charge in [0.2, 0.25) is 0 Å². The molecule has 0 aromatic rings. The predicted octanol–water partition coefficient (Wildman–Crippen LogP) is 1.62. The van der Waals surface area contributed by atoms with Gasteiger partial charge in [-0.15, -0.1) is 0 Å².